The van der Waals surface area contributed by atoms with E-state index in [1.807, 2.05) is 25.1 Å². The van der Waals surface area contributed by atoms with Crippen molar-refractivity contribution in [1.29, 1.82) is 0 Å². The van der Waals surface area contributed by atoms with E-state index >= 15 is 0 Å². The molecule has 1 fully saturated rings. The van der Waals surface area contributed by atoms with Gasteiger partial charge in [0.15, 0.2) is 0 Å². The number of hydrogen-bond acceptors (Lipinski definition) is 4. The molecule has 6 nitrogen and oxygen atoms in total. The fraction of sp³-hybridized carbons (Fsp3) is 0.333. The highest BCUT2D eigenvalue weighted by Gasteiger charge is 2.22. The topological polar surface area (TPSA) is 70.7 Å². The second-order valence-electron chi connectivity index (χ2n) is 6.74. The normalized spacial score (nSPS) is 17.1. The number of amides is 2. The third kappa shape index (κ3) is 5.55. The van der Waals surface area contributed by atoms with Crippen molar-refractivity contribution in [3.05, 3.63) is 64.7 Å². The van der Waals surface area contributed by atoms with E-state index in [1.165, 1.54) is 0 Å². The summed E-state index contributed by atoms with van der Waals surface area (Å²) < 4.78 is 5.84. The molecular formula is C21H24ClN3O3. The molecule has 0 radical (unpaired) electrons. The predicted octanol–water partition coefficient (Wildman–Crippen LogP) is 2.78. The number of nitrogens with zero attached hydrogens (tertiary/aromatic N) is 1. The van der Waals surface area contributed by atoms with Crippen molar-refractivity contribution in [3.8, 4) is 0 Å². The maximum atomic E-state index is 12.0. The van der Waals surface area contributed by atoms with Gasteiger partial charge in [0.2, 0.25) is 0 Å². The SMILES string of the molecule is Cc1ccc(NC(=O)C(=O)NCCN2CCO[C@@H](c3ccccc3)C2)cc1Cl. The van der Waals surface area contributed by atoms with Crippen LogP contribution in [0, 0.1) is 6.92 Å². The summed E-state index contributed by atoms with van der Waals surface area (Å²) >= 11 is 6.03. The lowest BCUT2D eigenvalue weighted by molar-refractivity contribution is -0.136. The Morgan fingerprint density at radius 2 is 1.96 bits per heavy atom. The summed E-state index contributed by atoms with van der Waals surface area (Å²) in [5.41, 5.74) is 2.55. The summed E-state index contributed by atoms with van der Waals surface area (Å²) in [5.74, 6) is -1.37. The smallest absolute Gasteiger partial charge is 0.313 e. The number of carbonyl (C=O) groups is 2. The molecule has 2 aromatic rings. The molecular weight excluding hydrogens is 378 g/mol. The van der Waals surface area contributed by atoms with E-state index in [2.05, 4.69) is 27.7 Å². The Labute approximate surface area is 169 Å². The Hall–Kier alpha value is -2.41. The molecule has 2 N–H and O–H groups in total. The van der Waals surface area contributed by atoms with Crippen LogP contribution in [-0.2, 0) is 14.3 Å². The van der Waals surface area contributed by atoms with Crippen molar-refractivity contribution in [3.63, 3.8) is 0 Å². The van der Waals surface area contributed by atoms with Crippen LogP contribution >= 0.6 is 11.6 Å². The molecule has 3 rings (SSSR count). The van der Waals surface area contributed by atoms with Crippen LogP contribution < -0.4 is 10.6 Å². The number of benzene rings is 2. The summed E-state index contributed by atoms with van der Waals surface area (Å²) in [6.45, 7) is 5.11. The molecule has 1 aliphatic rings. The molecule has 0 aromatic heterocycles. The van der Waals surface area contributed by atoms with Crippen LogP contribution in [0.4, 0.5) is 5.69 Å². The van der Waals surface area contributed by atoms with Gasteiger partial charge in [-0.15, -0.1) is 0 Å². The molecule has 0 bridgehead atoms. The zero-order valence-corrected chi connectivity index (χ0v) is 16.5. The van der Waals surface area contributed by atoms with Crippen LogP contribution in [0.15, 0.2) is 48.5 Å². The second kappa shape index (κ2) is 9.68. The fourth-order valence-corrected chi connectivity index (χ4v) is 3.22. The third-order valence-corrected chi connectivity index (χ3v) is 5.08. The van der Waals surface area contributed by atoms with Crippen molar-refractivity contribution in [2.75, 3.05) is 38.1 Å². The maximum absolute atomic E-state index is 12.0. The molecule has 1 aliphatic heterocycles. The van der Waals surface area contributed by atoms with Crippen LogP contribution in [0.1, 0.15) is 17.2 Å². The lowest BCUT2D eigenvalue weighted by Gasteiger charge is -2.33. The highest BCUT2D eigenvalue weighted by molar-refractivity contribution is 6.39. The Kier molecular flexibility index (Phi) is 7.03. The van der Waals surface area contributed by atoms with E-state index in [0.717, 1.165) is 24.2 Å². The first-order valence-corrected chi connectivity index (χ1v) is 9.65. The summed E-state index contributed by atoms with van der Waals surface area (Å²) in [7, 11) is 0. The summed E-state index contributed by atoms with van der Waals surface area (Å²) in [4.78, 5) is 26.3. The number of anilines is 1. The van der Waals surface area contributed by atoms with Crippen LogP contribution in [0.25, 0.3) is 0 Å². The molecule has 2 aromatic carbocycles. The summed E-state index contributed by atoms with van der Waals surface area (Å²) in [6.07, 6.45) is 0.0280. The molecule has 0 spiro atoms. The molecule has 0 saturated carbocycles. The highest BCUT2D eigenvalue weighted by atomic mass is 35.5. The van der Waals surface area contributed by atoms with Gasteiger partial charge < -0.3 is 15.4 Å². The van der Waals surface area contributed by atoms with Gasteiger partial charge >= 0.3 is 11.8 Å². The Morgan fingerprint density at radius 3 is 2.71 bits per heavy atom. The zero-order chi connectivity index (χ0) is 19.9. The lowest BCUT2D eigenvalue weighted by Crippen LogP contribution is -2.44. The molecule has 1 atom stereocenters. The molecule has 1 saturated heterocycles. The van der Waals surface area contributed by atoms with Crippen molar-refractivity contribution in [2.24, 2.45) is 0 Å². The number of nitrogens with one attached hydrogen (secondary N) is 2. The number of aryl methyl sites for hydroxylation is 1. The number of carbonyl (C=O) groups excluding carboxylic acids is 2. The third-order valence-electron chi connectivity index (χ3n) is 4.67. The monoisotopic (exact) mass is 401 g/mol. The van der Waals surface area contributed by atoms with Crippen LogP contribution in [0.2, 0.25) is 5.02 Å². The van der Waals surface area contributed by atoms with Gasteiger partial charge in [0.05, 0.1) is 12.7 Å². The number of halogens is 1. The molecule has 1 heterocycles. The highest BCUT2D eigenvalue weighted by Crippen LogP contribution is 2.21. The Bertz CT molecular complexity index is 829. The molecule has 148 valence electrons. The van der Waals surface area contributed by atoms with Gasteiger partial charge in [0, 0.05) is 36.9 Å². The predicted molar refractivity (Wildman–Crippen MR) is 109 cm³/mol. The summed E-state index contributed by atoms with van der Waals surface area (Å²) in [6, 6.07) is 15.2. The Balaban J connectivity index is 1.43. The van der Waals surface area contributed by atoms with Crippen LogP contribution in [0.5, 0.6) is 0 Å². The molecule has 2 amide bonds. The van der Waals surface area contributed by atoms with Crippen molar-refractivity contribution < 1.29 is 14.3 Å². The van der Waals surface area contributed by atoms with Gasteiger partial charge in [-0.1, -0.05) is 48.0 Å². The minimum atomic E-state index is -0.705. The largest absolute Gasteiger partial charge is 0.371 e. The molecule has 0 unspecified atom stereocenters. The van der Waals surface area contributed by atoms with Gasteiger partial charge in [0.25, 0.3) is 0 Å². The van der Waals surface area contributed by atoms with E-state index in [-0.39, 0.29) is 6.10 Å². The minimum Gasteiger partial charge on any atom is -0.371 e. The van der Waals surface area contributed by atoms with E-state index in [9.17, 15) is 9.59 Å². The van der Waals surface area contributed by atoms with E-state index in [1.54, 1.807) is 18.2 Å². The molecule has 0 aliphatic carbocycles. The van der Waals surface area contributed by atoms with Crippen molar-refractivity contribution >= 4 is 29.1 Å². The van der Waals surface area contributed by atoms with Gasteiger partial charge in [-0.2, -0.15) is 0 Å². The van der Waals surface area contributed by atoms with Gasteiger partial charge in [-0.05, 0) is 30.2 Å². The number of rotatable bonds is 5. The van der Waals surface area contributed by atoms with Crippen molar-refractivity contribution in [1.82, 2.24) is 10.2 Å². The zero-order valence-electron chi connectivity index (χ0n) is 15.8. The first kappa shape index (κ1) is 20.3. The van der Waals surface area contributed by atoms with Gasteiger partial charge in [0.1, 0.15) is 0 Å². The van der Waals surface area contributed by atoms with Crippen LogP contribution in [0.3, 0.4) is 0 Å². The van der Waals surface area contributed by atoms with E-state index in [4.69, 9.17) is 16.3 Å². The average Bonchev–Trinajstić information content (AvgIpc) is 2.71. The lowest BCUT2D eigenvalue weighted by atomic mass is 10.1. The fourth-order valence-electron chi connectivity index (χ4n) is 3.04. The van der Waals surface area contributed by atoms with Crippen molar-refractivity contribution in [2.45, 2.75) is 13.0 Å². The first-order valence-electron chi connectivity index (χ1n) is 9.27. The van der Waals surface area contributed by atoms with E-state index in [0.29, 0.717) is 30.4 Å². The number of morpholine rings is 1. The Morgan fingerprint density at radius 1 is 1.18 bits per heavy atom. The molecule has 28 heavy (non-hydrogen) atoms. The standard InChI is InChI=1S/C21H24ClN3O3/c1-15-7-8-17(13-18(15)22)24-21(27)20(26)23-9-10-25-11-12-28-19(14-25)16-5-3-2-4-6-16/h2-8,13,19H,9-12,14H2,1H3,(H,23,26)(H,24,27)/t19-/m1/s1. The first-order chi connectivity index (χ1) is 13.5. The number of hydrogen-bond donors (Lipinski definition) is 2. The average molecular weight is 402 g/mol. The second-order valence-corrected chi connectivity index (χ2v) is 7.15. The number of ether oxygens (including phenoxy) is 1. The quantitative estimate of drug-likeness (QED) is 0.756. The van der Waals surface area contributed by atoms with Gasteiger partial charge in [-0.25, -0.2) is 0 Å². The molecule has 7 heteroatoms. The van der Waals surface area contributed by atoms with Crippen LogP contribution in [-0.4, -0.2) is 49.5 Å². The minimum absolute atomic E-state index is 0.0280. The summed E-state index contributed by atoms with van der Waals surface area (Å²) in [5, 5.41) is 5.76. The van der Waals surface area contributed by atoms with E-state index < -0.39 is 11.8 Å². The maximum Gasteiger partial charge on any atom is 0.313 e. The van der Waals surface area contributed by atoms with Gasteiger partial charge in [-0.3, -0.25) is 14.5 Å².